The maximum Gasteiger partial charge on any atom is 0.268 e. The third-order valence-corrected chi connectivity index (χ3v) is 6.72. The van der Waals surface area contributed by atoms with Crippen LogP contribution in [0, 0.1) is 5.41 Å². The number of aromatic nitrogens is 1. The van der Waals surface area contributed by atoms with Crippen molar-refractivity contribution < 1.29 is 9.53 Å². The second kappa shape index (κ2) is 9.10. The summed E-state index contributed by atoms with van der Waals surface area (Å²) >= 11 is 0. The molecule has 5 heteroatoms. The highest BCUT2D eigenvalue weighted by Gasteiger charge is 2.21. The molecule has 0 spiro atoms. The van der Waals surface area contributed by atoms with Gasteiger partial charge in [0.1, 0.15) is 11.4 Å². The van der Waals surface area contributed by atoms with E-state index in [9.17, 15) is 4.79 Å². The summed E-state index contributed by atoms with van der Waals surface area (Å²) < 4.78 is 7.43. The molecule has 2 N–H and O–H groups in total. The van der Waals surface area contributed by atoms with Gasteiger partial charge in [-0.3, -0.25) is 4.79 Å². The van der Waals surface area contributed by atoms with Gasteiger partial charge >= 0.3 is 0 Å². The number of hydrogen-bond donors (Lipinski definition) is 2. The highest BCUT2D eigenvalue weighted by atomic mass is 16.5. The first-order valence-electron chi connectivity index (χ1n) is 11.7. The molecular weight excluding hydrogens is 410 g/mol. The Hall–Kier alpha value is -3.60. The Kier molecular flexibility index (Phi) is 5.86. The lowest BCUT2D eigenvalue weighted by Crippen LogP contribution is -2.37. The Bertz CT molecular complexity index is 1330. The standard InChI is InChI=1S/C28H29N3O2/c1-33-25-12-11-21-13-20(8-9-22(21)15-25)18-31-26-14-19(17-29)7-10-23(26)16-27(31)28(32)30-24-5-3-2-4-6-24/h7-17,24,29H,2-6,18H2,1H3,(H,30,32). The number of nitrogens with one attached hydrogen (secondary N) is 2. The zero-order chi connectivity index (χ0) is 22.8. The number of hydrogen-bond acceptors (Lipinski definition) is 3. The van der Waals surface area contributed by atoms with Gasteiger partial charge < -0.3 is 20.0 Å². The van der Waals surface area contributed by atoms with Crippen molar-refractivity contribution in [3.63, 3.8) is 0 Å². The predicted molar refractivity (Wildman–Crippen MR) is 134 cm³/mol. The molecule has 0 atom stereocenters. The van der Waals surface area contributed by atoms with Crippen LogP contribution in [0.15, 0.2) is 60.7 Å². The molecule has 1 aromatic heterocycles. The lowest BCUT2D eigenvalue weighted by Gasteiger charge is -2.23. The van der Waals surface area contributed by atoms with Crippen LogP contribution in [0.1, 0.15) is 53.7 Å². The Labute approximate surface area is 193 Å². The molecule has 168 valence electrons. The highest BCUT2D eigenvalue weighted by Crippen LogP contribution is 2.26. The number of carbonyl (C=O) groups excluding carboxylic acids is 1. The summed E-state index contributed by atoms with van der Waals surface area (Å²) in [5.74, 6) is 0.826. The molecule has 0 bridgehead atoms. The quantitative estimate of drug-likeness (QED) is 0.367. The number of rotatable bonds is 6. The van der Waals surface area contributed by atoms with Gasteiger partial charge in [0.15, 0.2) is 0 Å². The summed E-state index contributed by atoms with van der Waals surface area (Å²) in [7, 11) is 1.68. The fraction of sp³-hybridized carbons (Fsp3) is 0.286. The molecule has 1 amide bonds. The molecule has 0 unspecified atom stereocenters. The molecule has 33 heavy (non-hydrogen) atoms. The highest BCUT2D eigenvalue weighted by molar-refractivity contribution is 6.00. The van der Waals surface area contributed by atoms with Crippen molar-refractivity contribution in [2.24, 2.45) is 0 Å². The zero-order valence-corrected chi connectivity index (χ0v) is 18.9. The van der Waals surface area contributed by atoms with E-state index in [1.54, 1.807) is 7.11 Å². The topological polar surface area (TPSA) is 67.1 Å². The number of ether oxygens (including phenoxy) is 1. The second-order valence-electron chi connectivity index (χ2n) is 8.93. The molecule has 1 heterocycles. The molecule has 0 saturated heterocycles. The molecular formula is C28H29N3O2. The van der Waals surface area contributed by atoms with Gasteiger partial charge in [-0.15, -0.1) is 0 Å². The SMILES string of the molecule is COc1ccc2cc(Cn3c(C(=O)NC4CCCCC4)cc4ccc(C=N)cc43)ccc2c1. The molecule has 1 saturated carbocycles. The van der Waals surface area contributed by atoms with Gasteiger partial charge in [0.25, 0.3) is 5.91 Å². The maximum absolute atomic E-state index is 13.3. The molecule has 1 aliphatic rings. The molecule has 4 aromatic rings. The van der Waals surface area contributed by atoms with E-state index in [-0.39, 0.29) is 11.9 Å². The number of amides is 1. The lowest BCUT2D eigenvalue weighted by atomic mass is 9.95. The van der Waals surface area contributed by atoms with Crippen molar-refractivity contribution in [2.45, 2.75) is 44.7 Å². The van der Waals surface area contributed by atoms with Crippen LogP contribution in [-0.4, -0.2) is 29.8 Å². The number of nitrogens with zero attached hydrogens (tertiary/aromatic N) is 1. The van der Waals surface area contributed by atoms with E-state index in [2.05, 4.69) is 34.1 Å². The fourth-order valence-electron chi connectivity index (χ4n) is 4.91. The average molecular weight is 440 g/mol. The summed E-state index contributed by atoms with van der Waals surface area (Å²) in [4.78, 5) is 13.3. The monoisotopic (exact) mass is 439 g/mol. The van der Waals surface area contributed by atoms with E-state index < -0.39 is 0 Å². The van der Waals surface area contributed by atoms with Crippen LogP contribution in [-0.2, 0) is 6.54 Å². The van der Waals surface area contributed by atoms with Gasteiger partial charge in [-0.25, -0.2) is 0 Å². The summed E-state index contributed by atoms with van der Waals surface area (Å²) in [5, 5.41) is 14.2. The first-order valence-corrected chi connectivity index (χ1v) is 11.7. The van der Waals surface area contributed by atoms with E-state index in [0.29, 0.717) is 12.2 Å². The van der Waals surface area contributed by atoms with Crippen molar-refractivity contribution in [2.75, 3.05) is 7.11 Å². The van der Waals surface area contributed by atoms with Gasteiger partial charge in [-0.05, 0) is 65.1 Å². The Morgan fingerprint density at radius 1 is 1.00 bits per heavy atom. The van der Waals surface area contributed by atoms with Crippen LogP contribution in [0.2, 0.25) is 0 Å². The molecule has 0 aliphatic heterocycles. The van der Waals surface area contributed by atoms with Gasteiger partial charge in [-0.2, -0.15) is 0 Å². The number of methoxy groups -OCH3 is 1. The van der Waals surface area contributed by atoms with E-state index in [0.717, 1.165) is 51.4 Å². The summed E-state index contributed by atoms with van der Waals surface area (Å²) in [6, 6.07) is 20.6. The smallest absolute Gasteiger partial charge is 0.268 e. The van der Waals surface area contributed by atoms with Crippen LogP contribution in [0.5, 0.6) is 5.75 Å². The van der Waals surface area contributed by atoms with Crippen LogP contribution in [0.4, 0.5) is 0 Å². The van der Waals surface area contributed by atoms with Crippen LogP contribution in [0.3, 0.4) is 0 Å². The average Bonchev–Trinajstić information content (AvgIpc) is 3.21. The van der Waals surface area contributed by atoms with Crippen LogP contribution in [0.25, 0.3) is 21.7 Å². The van der Waals surface area contributed by atoms with Gasteiger partial charge in [0, 0.05) is 29.7 Å². The van der Waals surface area contributed by atoms with Gasteiger partial charge in [0.2, 0.25) is 0 Å². The molecule has 5 nitrogen and oxygen atoms in total. The van der Waals surface area contributed by atoms with Crippen LogP contribution < -0.4 is 10.1 Å². The minimum absolute atomic E-state index is 0.0139. The second-order valence-corrected chi connectivity index (χ2v) is 8.93. The number of fused-ring (bicyclic) bond motifs is 2. The van der Waals surface area contributed by atoms with Crippen molar-refractivity contribution in [1.29, 1.82) is 5.41 Å². The minimum Gasteiger partial charge on any atom is -0.497 e. The first kappa shape index (κ1) is 21.3. The van der Waals surface area contributed by atoms with Crippen LogP contribution >= 0.6 is 0 Å². The number of benzene rings is 3. The molecule has 1 fully saturated rings. The van der Waals surface area contributed by atoms with Crippen molar-refractivity contribution in [3.8, 4) is 5.75 Å². The normalized spacial score (nSPS) is 14.5. The largest absolute Gasteiger partial charge is 0.497 e. The Balaban J connectivity index is 1.53. The third kappa shape index (κ3) is 4.36. The Morgan fingerprint density at radius 3 is 2.55 bits per heavy atom. The Morgan fingerprint density at radius 2 is 1.76 bits per heavy atom. The summed E-state index contributed by atoms with van der Waals surface area (Å²) in [6.07, 6.45) is 7.07. The first-order chi connectivity index (χ1) is 16.1. The molecule has 5 rings (SSSR count). The lowest BCUT2D eigenvalue weighted by molar-refractivity contribution is 0.0919. The minimum atomic E-state index is -0.0139. The van der Waals surface area contributed by atoms with E-state index in [1.807, 2.05) is 36.4 Å². The van der Waals surface area contributed by atoms with E-state index >= 15 is 0 Å². The van der Waals surface area contributed by atoms with Crippen molar-refractivity contribution in [3.05, 3.63) is 77.5 Å². The van der Waals surface area contributed by atoms with E-state index in [1.165, 1.54) is 25.5 Å². The van der Waals surface area contributed by atoms with E-state index in [4.69, 9.17) is 10.1 Å². The van der Waals surface area contributed by atoms with Gasteiger partial charge in [-0.1, -0.05) is 49.6 Å². The molecule has 1 aliphatic carbocycles. The number of carbonyl (C=O) groups is 1. The van der Waals surface area contributed by atoms with Crippen molar-refractivity contribution in [1.82, 2.24) is 9.88 Å². The summed E-state index contributed by atoms with van der Waals surface area (Å²) in [5.41, 5.74) is 3.59. The summed E-state index contributed by atoms with van der Waals surface area (Å²) in [6.45, 7) is 0.584. The molecule has 3 aromatic carbocycles. The fourth-order valence-corrected chi connectivity index (χ4v) is 4.91. The third-order valence-electron chi connectivity index (χ3n) is 6.72. The van der Waals surface area contributed by atoms with Gasteiger partial charge in [0.05, 0.1) is 7.11 Å². The zero-order valence-electron chi connectivity index (χ0n) is 18.9. The van der Waals surface area contributed by atoms with Crippen molar-refractivity contribution >= 4 is 33.8 Å². The molecule has 0 radical (unpaired) electrons. The maximum atomic E-state index is 13.3. The predicted octanol–water partition coefficient (Wildman–Crippen LogP) is 5.91.